The Morgan fingerprint density at radius 1 is 1.35 bits per heavy atom. The van der Waals surface area contributed by atoms with Gasteiger partial charge in [0.05, 0.1) is 6.10 Å². The molecule has 0 N–H and O–H groups in total. The summed E-state index contributed by atoms with van der Waals surface area (Å²) in [5.74, 6) is -0.724. The van der Waals surface area contributed by atoms with Gasteiger partial charge in [0.1, 0.15) is 12.2 Å². The summed E-state index contributed by atoms with van der Waals surface area (Å²) in [4.78, 5) is 0. The van der Waals surface area contributed by atoms with Crippen molar-refractivity contribution in [1.29, 1.82) is 0 Å². The van der Waals surface area contributed by atoms with E-state index in [2.05, 4.69) is 0 Å². The molecule has 0 aromatic carbocycles. The number of halogens is 2. The first-order valence-electron chi connectivity index (χ1n) is 5.48. The standard InChI is InChI=1S/C11H16F2O4/c1-11(2)16-9-8(14-3)6(4-5-7(12)13)15-10(9)17-11/h5-6,8-10H,4H2,1-3H3/t6-,8-,9-,10-/m1/s1. The first-order chi connectivity index (χ1) is 7.93. The lowest BCUT2D eigenvalue weighted by molar-refractivity contribution is -0.216. The van der Waals surface area contributed by atoms with E-state index in [9.17, 15) is 8.78 Å². The van der Waals surface area contributed by atoms with Gasteiger partial charge in [0, 0.05) is 7.11 Å². The second kappa shape index (κ2) is 4.61. The van der Waals surface area contributed by atoms with Gasteiger partial charge in [0.15, 0.2) is 12.1 Å². The lowest BCUT2D eigenvalue weighted by Crippen LogP contribution is -2.35. The van der Waals surface area contributed by atoms with Gasteiger partial charge in [-0.15, -0.1) is 0 Å². The number of hydrogen-bond donors (Lipinski definition) is 0. The highest BCUT2D eigenvalue weighted by Gasteiger charge is 2.54. The molecule has 2 aliphatic heterocycles. The van der Waals surface area contributed by atoms with Crippen LogP contribution >= 0.6 is 0 Å². The molecule has 2 saturated heterocycles. The fourth-order valence-electron chi connectivity index (χ4n) is 2.23. The van der Waals surface area contributed by atoms with Crippen molar-refractivity contribution in [3.63, 3.8) is 0 Å². The molecule has 17 heavy (non-hydrogen) atoms. The molecule has 0 aliphatic carbocycles. The predicted octanol–water partition coefficient (Wildman–Crippen LogP) is 2.05. The average molecular weight is 250 g/mol. The van der Waals surface area contributed by atoms with Crippen molar-refractivity contribution in [2.75, 3.05) is 7.11 Å². The Kier molecular flexibility index (Phi) is 3.49. The van der Waals surface area contributed by atoms with Crippen molar-refractivity contribution in [3.05, 3.63) is 12.2 Å². The molecule has 4 atom stereocenters. The number of hydrogen-bond acceptors (Lipinski definition) is 4. The van der Waals surface area contributed by atoms with Gasteiger partial charge in [-0.2, -0.15) is 8.78 Å². The Bertz CT molecular complexity index is 315. The molecule has 0 saturated carbocycles. The molecule has 0 spiro atoms. The molecule has 0 amide bonds. The molecular formula is C11H16F2O4. The molecule has 2 aliphatic rings. The van der Waals surface area contributed by atoms with Crippen molar-refractivity contribution in [2.45, 2.75) is 50.7 Å². The first-order valence-corrected chi connectivity index (χ1v) is 5.48. The second-order valence-corrected chi connectivity index (χ2v) is 4.57. The number of methoxy groups -OCH3 is 1. The highest BCUT2D eigenvalue weighted by atomic mass is 19.3. The topological polar surface area (TPSA) is 36.9 Å². The minimum absolute atomic E-state index is 0.0843. The van der Waals surface area contributed by atoms with Gasteiger partial charge in [-0.1, -0.05) is 0 Å². The number of fused-ring (bicyclic) bond motifs is 1. The van der Waals surface area contributed by atoms with Crippen LogP contribution in [-0.2, 0) is 18.9 Å². The van der Waals surface area contributed by atoms with Crippen molar-refractivity contribution < 1.29 is 27.7 Å². The van der Waals surface area contributed by atoms with Crippen LogP contribution in [0, 0.1) is 0 Å². The number of rotatable bonds is 3. The summed E-state index contributed by atoms with van der Waals surface area (Å²) in [5.41, 5.74) is 0. The molecule has 2 heterocycles. The third-order valence-corrected chi connectivity index (χ3v) is 2.86. The molecule has 0 bridgehead atoms. The van der Waals surface area contributed by atoms with Crippen LogP contribution in [0.3, 0.4) is 0 Å². The molecule has 98 valence electrons. The smallest absolute Gasteiger partial charge is 0.266 e. The van der Waals surface area contributed by atoms with Crippen LogP contribution in [0.4, 0.5) is 8.78 Å². The van der Waals surface area contributed by atoms with E-state index in [1.807, 2.05) is 0 Å². The molecule has 0 aromatic heterocycles. The van der Waals surface area contributed by atoms with Gasteiger partial charge in [-0.3, -0.25) is 0 Å². The normalized spacial score (nSPS) is 39.1. The SMILES string of the molecule is CO[C@H]1[C@H]2OC(C)(C)O[C@H]2O[C@@H]1CC=C(F)F. The highest BCUT2D eigenvalue weighted by molar-refractivity contribution is 4.97. The van der Waals surface area contributed by atoms with Crippen LogP contribution in [0.5, 0.6) is 0 Å². The molecule has 0 unspecified atom stereocenters. The lowest BCUT2D eigenvalue weighted by Gasteiger charge is -2.24. The molecule has 4 nitrogen and oxygen atoms in total. The van der Waals surface area contributed by atoms with Gasteiger partial charge in [-0.05, 0) is 26.3 Å². The quantitative estimate of drug-likeness (QED) is 0.768. The van der Waals surface area contributed by atoms with Crippen LogP contribution in [0.2, 0.25) is 0 Å². The summed E-state index contributed by atoms with van der Waals surface area (Å²) in [6, 6.07) is 0. The summed E-state index contributed by atoms with van der Waals surface area (Å²) in [5, 5.41) is 0. The largest absolute Gasteiger partial charge is 0.376 e. The van der Waals surface area contributed by atoms with E-state index < -0.39 is 30.4 Å². The summed E-state index contributed by atoms with van der Waals surface area (Å²) in [6.07, 6.45) is -2.58. The van der Waals surface area contributed by atoms with E-state index in [0.29, 0.717) is 0 Å². The maximum Gasteiger partial charge on any atom is 0.266 e. The van der Waals surface area contributed by atoms with Crippen molar-refractivity contribution in [2.24, 2.45) is 0 Å². The van der Waals surface area contributed by atoms with Crippen LogP contribution in [0.25, 0.3) is 0 Å². The van der Waals surface area contributed by atoms with Crippen LogP contribution in [-0.4, -0.2) is 37.5 Å². The van der Waals surface area contributed by atoms with Crippen molar-refractivity contribution >= 4 is 0 Å². The minimum Gasteiger partial charge on any atom is -0.376 e. The Balaban J connectivity index is 2.03. The Morgan fingerprint density at radius 3 is 2.65 bits per heavy atom. The minimum atomic E-state index is -1.72. The Labute approximate surface area is 98.5 Å². The fourth-order valence-corrected chi connectivity index (χ4v) is 2.23. The molecular weight excluding hydrogens is 234 g/mol. The second-order valence-electron chi connectivity index (χ2n) is 4.57. The maximum atomic E-state index is 12.0. The van der Waals surface area contributed by atoms with Gasteiger partial charge < -0.3 is 18.9 Å². The molecule has 0 radical (unpaired) electrons. The first kappa shape index (κ1) is 12.9. The summed E-state index contributed by atoms with van der Waals surface area (Å²) in [7, 11) is 1.51. The highest BCUT2D eigenvalue weighted by Crippen LogP contribution is 2.39. The number of ether oxygens (including phenoxy) is 4. The van der Waals surface area contributed by atoms with E-state index in [-0.39, 0.29) is 12.5 Å². The summed E-state index contributed by atoms with van der Waals surface area (Å²) < 4.78 is 46.0. The summed E-state index contributed by atoms with van der Waals surface area (Å²) >= 11 is 0. The van der Waals surface area contributed by atoms with E-state index >= 15 is 0 Å². The lowest BCUT2D eigenvalue weighted by atomic mass is 10.1. The molecule has 2 fully saturated rings. The van der Waals surface area contributed by atoms with Crippen molar-refractivity contribution in [3.8, 4) is 0 Å². The fraction of sp³-hybridized carbons (Fsp3) is 0.818. The predicted molar refractivity (Wildman–Crippen MR) is 54.4 cm³/mol. The molecule has 2 rings (SSSR count). The van der Waals surface area contributed by atoms with Crippen LogP contribution < -0.4 is 0 Å². The third-order valence-electron chi connectivity index (χ3n) is 2.86. The Morgan fingerprint density at radius 2 is 2.06 bits per heavy atom. The van der Waals surface area contributed by atoms with Gasteiger partial charge in [0.2, 0.25) is 0 Å². The molecule has 6 heteroatoms. The van der Waals surface area contributed by atoms with E-state index in [1.54, 1.807) is 13.8 Å². The average Bonchev–Trinajstić information content (AvgIpc) is 2.65. The zero-order valence-corrected chi connectivity index (χ0v) is 9.98. The van der Waals surface area contributed by atoms with E-state index in [4.69, 9.17) is 18.9 Å². The van der Waals surface area contributed by atoms with E-state index in [1.165, 1.54) is 7.11 Å². The zero-order valence-electron chi connectivity index (χ0n) is 9.98. The van der Waals surface area contributed by atoms with Gasteiger partial charge in [0.25, 0.3) is 6.08 Å². The van der Waals surface area contributed by atoms with Crippen molar-refractivity contribution in [1.82, 2.24) is 0 Å². The maximum absolute atomic E-state index is 12.0. The van der Waals surface area contributed by atoms with Crippen LogP contribution in [0.1, 0.15) is 20.3 Å². The molecule has 0 aromatic rings. The van der Waals surface area contributed by atoms with E-state index in [0.717, 1.165) is 6.08 Å². The zero-order chi connectivity index (χ0) is 12.6. The Hall–Kier alpha value is -0.560. The van der Waals surface area contributed by atoms with Gasteiger partial charge >= 0.3 is 0 Å². The van der Waals surface area contributed by atoms with Crippen LogP contribution in [0.15, 0.2) is 12.2 Å². The monoisotopic (exact) mass is 250 g/mol. The van der Waals surface area contributed by atoms with Gasteiger partial charge in [-0.25, -0.2) is 0 Å². The summed E-state index contributed by atoms with van der Waals surface area (Å²) in [6.45, 7) is 3.55. The third kappa shape index (κ3) is 2.65.